The van der Waals surface area contributed by atoms with Gasteiger partial charge in [0.25, 0.3) is 0 Å². The van der Waals surface area contributed by atoms with Crippen LogP contribution in [0.2, 0.25) is 0 Å². The molecule has 0 aromatic carbocycles. The molecule has 4 heteroatoms. The van der Waals surface area contributed by atoms with Gasteiger partial charge in [0.15, 0.2) is 0 Å². The third-order valence-corrected chi connectivity index (χ3v) is 2.48. The van der Waals surface area contributed by atoms with E-state index in [1.807, 2.05) is 32.9 Å². The van der Waals surface area contributed by atoms with E-state index >= 15 is 0 Å². The van der Waals surface area contributed by atoms with Gasteiger partial charge in [0, 0.05) is 12.5 Å². The molecule has 1 aromatic heterocycles. The number of rotatable bonds is 6. The molecule has 0 aliphatic carbocycles. The molecule has 0 aliphatic rings. The molecule has 1 aromatic rings. The van der Waals surface area contributed by atoms with Crippen molar-refractivity contribution in [3.8, 4) is 0 Å². The molecule has 2 unspecified atom stereocenters. The maximum atomic E-state index is 11.0. The number of hydrogen-bond acceptors (Lipinski definition) is 3. The summed E-state index contributed by atoms with van der Waals surface area (Å²) in [6.45, 7) is 5.75. The van der Waals surface area contributed by atoms with Crippen LogP contribution in [0.5, 0.6) is 0 Å². The minimum Gasteiger partial charge on any atom is -0.480 e. The molecule has 0 spiro atoms. The minimum absolute atomic E-state index is 0.0663. The molecule has 0 fully saturated rings. The van der Waals surface area contributed by atoms with E-state index in [9.17, 15) is 4.79 Å². The van der Waals surface area contributed by atoms with Gasteiger partial charge >= 0.3 is 5.97 Å². The van der Waals surface area contributed by atoms with Gasteiger partial charge in [0.2, 0.25) is 0 Å². The number of carbonyl (C=O) groups is 1. The highest BCUT2D eigenvalue weighted by Gasteiger charge is 2.23. The first-order valence-corrected chi connectivity index (χ1v) is 5.52. The van der Waals surface area contributed by atoms with Crippen molar-refractivity contribution in [3.63, 3.8) is 0 Å². The number of carboxylic acids is 1. The van der Waals surface area contributed by atoms with E-state index < -0.39 is 12.0 Å². The fourth-order valence-electron chi connectivity index (χ4n) is 1.64. The van der Waals surface area contributed by atoms with Gasteiger partial charge in [0.1, 0.15) is 11.8 Å². The second kappa shape index (κ2) is 5.70. The van der Waals surface area contributed by atoms with E-state index in [0.29, 0.717) is 6.42 Å². The second-order valence-electron chi connectivity index (χ2n) is 4.41. The molecule has 1 rings (SSSR count). The SMILES string of the molecule is CC(Cc1ccco1)NC(C(=O)O)C(C)C. The number of carboxylic acid groups (broad SMARTS) is 1. The monoisotopic (exact) mass is 225 g/mol. The molecular weight excluding hydrogens is 206 g/mol. The zero-order valence-corrected chi connectivity index (χ0v) is 9.93. The van der Waals surface area contributed by atoms with Gasteiger partial charge in [-0.25, -0.2) is 0 Å². The lowest BCUT2D eigenvalue weighted by molar-refractivity contribution is -0.140. The van der Waals surface area contributed by atoms with E-state index in [4.69, 9.17) is 9.52 Å². The fraction of sp³-hybridized carbons (Fsp3) is 0.583. The predicted octanol–water partition coefficient (Wildman–Crippen LogP) is 1.91. The molecule has 0 saturated carbocycles. The predicted molar refractivity (Wildman–Crippen MR) is 61.3 cm³/mol. The zero-order chi connectivity index (χ0) is 12.1. The van der Waals surface area contributed by atoms with Crippen molar-refractivity contribution in [2.45, 2.75) is 39.3 Å². The highest BCUT2D eigenvalue weighted by molar-refractivity contribution is 5.73. The molecule has 16 heavy (non-hydrogen) atoms. The van der Waals surface area contributed by atoms with Crippen LogP contribution < -0.4 is 5.32 Å². The summed E-state index contributed by atoms with van der Waals surface area (Å²) in [7, 11) is 0. The number of aliphatic carboxylic acids is 1. The molecule has 2 N–H and O–H groups in total. The minimum atomic E-state index is -0.804. The van der Waals surface area contributed by atoms with Crippen molar-refractivity contribution in [2.24, 2.45) is 5.92 Å². The number of hydrogen-bond donors (Lipinski definition) is 2. The Kier molecular flexibility index (Phi) is 4.55. The van der Waals surface area contributed by atoms with Crippen LogP contribution in [0.1, 0.15) is 26.5 Å². The molecule has 90 valence electrons. The molecule has 2 atom stereocenters. The lowest BCUT2D eigenvalue weighted by Crippen LogP contribution is -2.46. The van der Waals surface area contributed by atoms with Gasteiger partial charge in [-0.3, -0.25) is 4.79 Å². The standard InChI is InChI=1S/C12H19NO3/c1-8(2)11(12(14)15)13-9(3)7-10-5-4-6-16-10/h4-6,8-9,11,13H,7H2,1-3H3,(H,14,15). The quantitative estimate of drug-likeness (QED) is 0.776. The largest absolute Gasteiger partial charge is 0.480 e. The Hall–Kier alpha value is -1.29. The Labute approximate surface area is 95.7 Å². The Bertz CT molecular complexity index is 319. The average molecular weight is 225 g/mol. The van der Waals surface area contributed by atoms with E-state index in [0.717, 1.165) is 5.76 Å². The Morgan fingerprint density at radius 2 is 2.19 bits per heavy atom. The highest BCUT2D eigenvalue weighted by atomic mass is 16.4. The summed E-state index contributed by atoms with van der Waals surface area (Å²) in [5, 5.41) is 12.1. The lowest BCUT2D eigenvalue weighted by atomic mass is 10.0. The number of nitrogens with one attached hydrogen (secondary N) is 1. The van der Waals surface area contributed by atoms with Crippen molar-refractivity contribution in [3.05, 3.63) is 24.2 Å². The van der Waals surface area contributed by atoms with Crippen molar-refractivity contribution in [1.29, 1.82) is 0 Å². The Morgan fingerprint density at radius 1 is 1.50 bits per heavy atom. The summed E-state index contributed by atoms with van der Waals surface area (Å²) in [6, 6.07) is 3.29. The van der Waals surface area contributed by atoms with Crippen LogP contribution in [-0.4, -0.2) is 23.2 Å². The van der Waals surface area contributed by atoms with Gasteiger partial charge in [-0.2, -0.15) is 0 Å². The third kappa shape index (κ3) is 3.70. The first-order valence-electron chi connectivity index (χ1n) is 5.52. The first kappa shape index (κ1) is 12.8. The van der Waals surface area contributed by atoms with Crippen LogP contribution in [0.15, 0.2) is 22.8 Å². The maximum Gasteiger partial charge on any atom is 0.320 e. The van der Waals surface area contributed by atoms with E-state index in [1.165, 1.54) is 0 Å². The molecule has 0 aliphatic heterocycles. The summed E-state index contributed by atoms with van der Waals surface area (Å²) in [5.74, 6) is 0.130. The van der Waals surface area contributed by atoms with Gasteiger partial charge in [-0.15, -0.1) is 0 Å². The van der Waals surface area contributed by atoms with Crippen molar-refractivity contribution < 1.29 is 14.3 Å². The summed E-state index contributed by atoms with van der Waals surface area (Å²) >= 11 is 0. The summed E-state index contributed by atoms with van der Waals surface area (Å²) in [4.78, 5) is 11.0. The van der Waals surface area contributed by atoms with E-state index in [1.54, 1.807) is 6.26 Å². The normalized spacial score (nSPS) is 15.0. The van der Waals surface area contributed by atoms with E-state index in [2.05, 4.69) is 5.32 Å². The lowest BCUT2D eigenvalue weighted by Gasteiger charge is -2.22. The number of furan rings is 1. The van der Waals surface area contributed by atoms with Gasteiger partial charge in [0.05, 0.1) is 6.26 Å². The molecular formula is C12H19NO3. The summed E-state index contributed by atoms with van der Waals surface area (Å²) in [5.41, 5.74) is 0. The Balaban J connectivity index is 2.49. The zero-order valence-electron chi connectivity index (χ0n) is 9.93. The first-order chi connectivity index (χ1) is 7.50. The van der Waals surface area contributed by atoms with Crippen LogP contribution >= 0.6 is 0 Å². The summed E-state index contributed by atoms with van der Waals surface area (Å²) < 4.78 is 5.22. The van der Waals surface area contributed by atoms with Crippen LogP contribution in [0.25, 0.3) is 0 Å². The van der Waals surface area contributed by atoms with Crippen LogP contribution in [0, 0.1) is 5.92 Å². The molecule has 0 saturated heterocycles. The van der Waals surface area contributed by atoms with Crippen molar-refractivity contribution >= 4 is 5.97 Å². The molecule has 0 radical (unpaired) electrons. The molecule has 1 heterocycles. The topological polar surface area (TPSA) is 62.5 Å². The van der Waals surface area contributed by atoms with Crippen molar-refractivity contribution in [2.75, 3.05) is 0 Å². The van der Waals surface area contributed by atoms with Gasteiger partial charge in [-0.1, -0.05) is 13.8 Å². The Morgan fingerprint density at radius 3 is 2.62 bits per heavy atom. The van der Waals surface area contributed by atoms with Crippen molar-refractivity contribution in [1.82, 2.24) is 5.32 Å². The van der Waals surface area contributed by atoms with Crippen LogP contribution in [0.4, 0.5) is 0 Å². The van der Waals surface area contributed by atoms with Crippen LogP contribution in [-0.2, 0) is 11.2 Å². The maximum absolute atomic E-state index is 11.0. The highest BCUT2D eigenvalue weighted by Crippen LogP contribution is 2.07. The van der Waals surface area contributed by atoms with Crippen LogP contribution in [0.3, 0.4) is 0 Å². The third-order valence-electron chi connectivity index (χ3n) is 2.48. The molecule has 0 bridgehead atoms. The van der Waals surface area contributed by atoms with E-state index in [-0.39, 0.29) is 12.0 Å². The van der Waals surface area contributed by atoms with Gasteiger partial charge in [-0.05, 0) is 25.0 Å². The molecule has 4 nitrogen and oxygen atoms in total. The molecule has 0 amide bonds. The summed E-state index contributed by atoms with van der Waals surface area (Å²) in [6.07, 6.45) is 2.32. The smallest absolute Gasteiger partial charge is 0.320 e. The average Bonchev–Trinajstić information content (AvgIpc) is 2.65. The second-order valence-corrected chi connectivity index (χ2v) is 4.41. The fourth-order valence-corrected chi connectivity index (χ4v) is 1.64. The van der Waals surface area contributed by atoms with Gasteiger partial charge < -0.3 is 14.8 Å².